The van der Waals surface area contributed by atoms with Crippen LogP contribution in [0.3, 0.4) is 0 Å². The minimum Gasteiger partial charge on any atom is -0.478 e. The van der Waals surface area contributed by atoms with Gasteiger partial charge in [0.05, 0.1) is 5.52 Å². The van der Waals surface area contributed by atoms with Crippen molar-refractivity contribution in [1.29, 1.82) is 0 Å². The van der Waals surface area contributed by atoms with E-state index in [1.165, 1.54) is 0 Å². The first kappa shape index (κ1) is 12.8. The largest absolute Gasteiger partial charge is 0.478 e. The Bertz CT molecular complexity index is 650. The zero-order valence-electron chi connectivity index (χ0n) is 10.5. The number of carboxylic acid groups (broad SMARTS) is 1. The minimum absolute atomic E-state index is 0.0665. The van der Waals surface area contributed by atoms with Gasteiger partial charge in [-0.3, -0.25) is 0 Å². The van der Waals surface area contributed by atoms with E-state index in [2.05, 4.69) is 4.98 Å². The molecule has 1 aromatic carbocycles. The van der Waals surface area contributed by atoms with E-state index in [0.29, 0.717) is 6.42 Å². The Morgan fingerprint density at radius 1 is 1.39 bits per heavy atom. The summed E-state index contributed by atoms with van der Waals surface area (Å²) in [6.45, 7) is 5.88. The summed E-state index contributed by atoms with van der Waals surface area (Å²) < 4.78 is 0. The highest BCUT2D eigenvalue weighted by Gasteiger charge is 2.19. The van der Waals surface area contributed by atoms with Crippen LogP contribution in [0, 0.1) is 13.8 Å². The van der Waals surface area contributed by atoms with Gasteiger partial charge in [-0.15, -0.1) is 0 Å². The fourth-order valence-corrected chi connectivity index (χ4v) is 2.69. The third-order valence-corrected chi connectivity index (χ3v) is 3.33. The maximum absolute atomic E-state index is 11.3. The smallest absolute Gasteiger partial charge is 0.339 e. The molecule has 4 heteroatoms. The van der Waals surface area contributed by atoms with Crippen molar-refractivity contribution in [1.82, 2.24) is 4.98 Å². The molecule has 3 nitrogen and oxygen atoms in total. The van der Waals surface area contributed by atoms with E-state index in [1.54, 1.807) is 0 Å². The summed E-state index contributed by atoms with van der Waals surface area (Å²) in [6.07, 6.45) is 0.615. The van der Waals surface area contributed by atoms with Gasteiger partial charge in [0.1, 0.15) is 10.7 Å². The van der Waals surface area contributed by atoms with E-state index in [9.17, 15) is 9.90 Å². The number of carboxylic acids is 1. The van der Waals surface area contributed by atoms with Crippen molar-refractivity contribution < 1.29 is 9.90 Å². The summed E-state index contributed by atoms with van der Waals surface area (Å²) in [5.74, 6) is -1.02. The molecular formula is C14H14ClNO2. The van der Waals surface area contributed by atoms with Gasteiger partial charge < -0.3 is 5.11 Å². The van der Waals surface area contributed by atoms with Crippen LogP contribution in [0.1, 0.15) is 34.0 Å². The maximum Gasteiger partial charge on any atom is 0.339 e. The summed E-state index contributed by atoms with van der Waals surface area (Å²) in [7, 11) is 0. The highest BCUT2D eigenvalue weighted by Crippen LogP contribution is 2.30. The average Bonchev–Trinajstić information content (AvgIpc) is 2.25. The molecule has 0 saturated heterocycles. The second kappa shape index (κ2) is 4.58. The van der Waals surface area contributed by atoms with E-state index < -0.39 is 5.97 Å². The summed E-state index contributed by atoms with van der Waals surface area (Å²) in [5, 5.41) is 10.2. The summed E-state index contributed by atoms with van der Waals surface area (Å²) >= 11 is 5.99. The van der Waals surface area contributed by atoms with Gasteiger partial charge in [-0.1, -0.05) is 24.6 Å². The van der Waals surface area contributed by atoms with Gasteiger partial charge in [0.15, 0.2) is 0 Å². The van der Waals surface area contributed by atoms with Gasteiger partial charge in [0.2, 0.25) is 0 Å². The molecule has 1 heterocycles. The molecule has 0 bridgehead atoms. The molecule has 18 heavy (non-hydrogen) atoms. The van der Waals surface area contributed by atoms with Crippen LogP contribution in [0.25, 0.3) is 10.9 Å². The molecule has 0 aliphatic rings. The van der Waals surface area contributed by atoms with Gasteiger partial charge in [-0.2, -0.15) is 0 Å². The summed E-state index contributed by atoms with van der Waals surface area (Å²) in [6, 6.07) is 3.96. The Hall–Kier alpha value is -1.61. The molecule has 0 spiro atoms. The molecule has 1 N–H and O–H groups in total. The number of halogens is 1. The van der Waals surface area contributed by atoms with Crippen LogP contribution in [0.15, 0.2) is 12.1 Å². The number of carbonyl (C=O) groups is 1. The Labute approximate surface area is 110 Å². The summed E-state index contributed by atoms with van der Waals surface area (Å²) in [4.78, 5) is 15.5. The van der Waals surface area contributed by atoms with Crippen molar-refractivity contribution in [2.45, 2.75) is 27.2 Å². The number of aromatic carboxylic acids is 1. The van der Waals surface area contributed by atoms with E-state index in [1.807, 2.05) is 32.9 Å². The van der Waals surface area contributed by atoms with Gasteiger partial charge in [0.25, 0.3) is 0 Å². The summed E-state index contributed by atoms with van der Waals surface area (Å²) in [5.41, 5.74) is 3.77. The minimum atomic E-state index is -1.02. The van der Waals surface area contributed by atoms with Crippen LogP contribution in [0.4, 0.5) is 0 Å². The fraction of sp³-hybridized carbons (Fsp3) is 0.286. The number of aryl methyl sites for hydroxylation is 3. The SMILES string of the molecule is CCc1c(C(=O)O)c(Cl)nc2cc(C)cc(C)c12. The second-order valence-corrected chi connectivity index (χ2v) is 4.75. The standard InChI is InChI=1S/C14H14ClNO2/c1-4-9-11-8(3)5-7(2)6-10(11)16-13(15)12(9)14(17)18/h5-6H,4H2,1-3H3,(H,17,18). The van der Waals surface area contributed by atoms with Crippen LogP contribution in [-0.2, 0) is 6.42 Å². The zero-order valence-corrected chi connectivity index (χ0v) is 11.3. The van der Waals surface area contributed by atoms with Crippen molar-refractivity contribution in [3.05, 3.63) is 39.5 Å². The number of nitrogens with zero attached hydrogens (tertiary/aromatic N) is 1. The molecule has 0 amide bonds. The lowest BCUT2D eigenvalue weighted by Gasteiger charge is -2.12. The van der Waals surface area contributed by atoms with Gasteiger partial charge in [0, 0.05) is 5.39 Å². The normalized spacial score (nSPS) is 10.9. The third kappa shape index (κ3) is 1.95. The molecule has 94 valence electrons. The van der Waals surface area contributed by atoms with Crippen molar-refractivity contribution in [2.24, 2.45) is 0 Å². The van der Waals surface area contributed by atoms with Crippen molar-refractivity contribution >= 4 is 28.5 Å². The zero-order chi connectivity index (χ0) is 13.4. The molecule has 0 saturated carbocycles. The number of fused-ring (bicyclic) bond motifs is 1. The topological polar surface area (TPSA) is 50.2 Å². The number of pyridine rings is 1. The van der Waals surface area contributed by atoms with E-state index in [-0.39, 0.29) is 10.7 Å². The van der Waals surface area contributed by atoms with Gasteiger partial charge in [-0.05, 0) is 43.0 Å². The predicted molar refractivity (Wildman–Crippen MR) is 72.6 cm³/mol. The number of aromatic nitrogens is 1. The first-order chi connectivity index (χ1) is 8.45. The number of hydrogen-bond acceptors (Lipinski definition) is 2. The maximum atomic E-state index is 11.3. The number of hydrogen-bond donors (Lipinski definition) is 1. The Balaban J connectivity index is 2.99. The molecule has 0 unspecified atom stereocenters. The highest BCUT2D eigenvalue weighted by molar-refractivity contribution is 6.33. The van der Waals surface area contributed by atoms with E-state index in [0.717, 1.165) is 27.6 Å². The van der Waals surface area contributed by atoms with E-state index in [4.69, 9.17) is 11.6 Å². The lowest BCUT2D eigenvalue weighted by atomic mass is 9.96. The van der Waals surface area contributed by atoms with Crippen LogP contribution < -0.4 is 0 Å². The van der Waals surface area contributed by atoms with Crippen molar-refractivity contribution in [2.75, 3.05) is 0 Å². The highest BCUT2D eigenvalue weighted by atomic mass is 35.5. The molecule has 0 aliphatic heterocycles. The first-order valence-corrected chi connectivity index (χ1v) is 6.16. The molecule has 1 aromatic heterocycles. The molecular weight excluding hydrogens is 250 g/mol. The molecule has 0 atom stereocenters. The van der Waals surface area contributed by atoms with Crippen LogP contribution in [0.5, 0.6) is 0 Å². The average molecular weight is 264 g/mol. The molecule has 2 rings (SSSR count). The second-order valence-electron chi connectivity index (χ2n) is 4.39. The lowest BCUT2D eigenvalue weighted by molar-refractivity contribution is 0.0696. The van der Waals surface area contributed by atoms with Crippen LogP contribution >= 0.6 is 11.6 Å². The van der Waals surface area contributed by atoms with E-state index >= 15 is 0 Å². The van der Waals surface area contributed by atoms with Crippen LogP contribution in [0.2, 0.25) is 5.15 Å². The van der Waals surface area contributed by atoms with Crippen molar-refractivity contribution in [3.63, 3.8) is 0 Å². The number of benzene rings is 1. The van der Waals surface area contributed by atoms with Crippen LogP contribution in [-0.4, -0.2) is 16.1 Å². The van der Waals surface area contributed by atoms with Gasteiger partial charge in [-0.25, -0.2) is 9.78 Å². The van der Waals surface area contributed by atoms with Crippen molar-refractivity contribution in [3.8, 4) is 0 Å². The molecule has 0 aliphatic carbocycles. The Morgan fingerprint density at radius 3 is 2.61 bits per heavy atom. The quantitative estimate of drug-likeness (QED) is 0.839. The fourth-order valence-electron chi connectivity index (χ4n) is 2.41. The molecule has 0 fully saturated rings. The Kier molecular flexibility index (Phi) is 3.26. The Morgan fingerprint density at radius 2 is 2.06 bits per heavy atom. The lowest BCUT2D eigenvalue weighted by Crippen LogP contribution is -2.06. The van der Waals surface area contributed by atoms with Gasteiger partial charge >= 0.3 is 5.97 Å². The number of rotatable bonds is 2. The predicted octanol–water partition coefficient (Wildman–Crippen LogP) is 3.77. The molecule has 2 aromatic rings. The molecule has 0 radical (unpaired) electrons. The monoisotopic (exact) mass is 263 g/mol. The first-order valence-electron chi connectivity index (χ1n) is 5.78. The third-order valence-electron chi connectivity index (χ3n) is 3.05.